The van der Waals surface area contributed by atoms with Gasteiger partial charge in [0.2, 0.25) is 5.91 Å². The van der Waals surface area contributed by atoms with Crippen molar-refractivity contribution in [2.24, 2.45) is 0 Å². The van der Waals surface area contributed by atoms with Crippen LogP contribution in [0.4, 0.5) is 0 Å². The zero-order chi connectivity index (χ0) is 18.5. The molecule has 3 rings (SSSR count). The van der Waals surface area contributed by atoms with Crippen LogP contribution < -0.4 is 0 Å². The molecule has 3 heterocycles. The second-order valence-corrected chi connectivity index (χ2v) is 7.95. The summed E-state index contributed by atoms with van der Waals surface area (Å²) in [6.45, 7) is 11.2. The van der Waals surface area contributed by atoms with Crippen LogP contribution in [-0.2, 0) is 11.3 Å². The first kappa shape index (κ1) is 19.4. The minimum atomic E-state index is 0.00629. The van der Waals surface area contributed by atoms with E-state index in [4.69, 9.17) is 0 Å². The maximum absolute atomic E-state index is 12.9. The minimum absolute atomic E-state index is 0.00629. The van der Waals surface area contributed by atoms with E-state index < -0.39 is 0 Å². The molecule has 1 amide bonds. The predicted molar refractivity (Wildman–Crippen MR) is 104 cm³/mol. The first-order chi connectivity index (χ1) is 12.6. The molecule has 0 aromatic carbocycles. The summed E-state index contributed by atoms with van der Waals surface area (Å²) in [5, 5.41) is 0. The van der Waals surface area contributed by atoms with Crippen LogP contribution >= 0.6 is 0 Å². The summed E-state index contributed by atoms with van der Waals surface area (Å²) in [5.41, 5.74) is 0. The van der Waals surface area contributed by atoms with Crippen LogP contribution in [0, 0.1) is 0 Å². The van der Waals surface area contributed by atoms with Crippen molar-refractivity contribution in [1.82, 2.24) is 24.3 Å². The molecule has 1 aromatic rings. The zero-order valence-electron chi connectivity index (χ0n) is 16.7. The highest BCUT2D eigenvalue weighted by atomic mass is 16.2. The molecule has 2 aliphatic rings. The smallest absolute Gasteiger partial charge is 0.239 e. The van der Waals surface area contributed by atoms with Crippen molar-refractivity contribution in [2.45, 2.75) is 58.0 Å². The van der Waals surface area contributed by atoms with Gasteiger partial charge in [-0.1, -0.05) is 13.3 Å². The highest BCUT2D eigenvalue weighted by molar-refractivity contribution is 5.81. The van der Waals surface area contributed by atoms with Crippen LogP contribution in [0.1, 0.15) is 51.3 Å². The number of hydrogen-bond acceptors (Lipinski definition) is 4. The molecular formula is C20H35N5O. The number of hydrogen-bond donors (Lipinski definition) is 0. The largest absolute Gasteiger partial charge is 0.341 e. The van der Waals surface area contributed by atoms with Crippen molar-refractivity contribution in [1.29, 1.82) is 0 Å². The van der Waals surface area contributed by atoms with Crippen molar-refractivity contribution >= 4 is 5.91 Å². The van der Waals surface area contributed by atoms with Crippen molar-refractivity contribution in [3.63, 3.8) is 0 Å². The number of rotatable bonds is 6. The number of likely N-dealkylation sites (tertiary alicyclic amines) is 1. The number of carbonyl (C=O) groups is 1. The van der Waals surface area contributed by atoms with Gasteiger partial charge in [0.25, 0.3) is 0 Å². The molecule has 1 atom stereocenters. The molecule has 0 unspecified atom stereocenters. The first-order valence-electron chi connectivity index (χ1n) is 10.3. The van der Waals surface area contributed by atoms with E-state index in [-0.39, 0.29) is 6.04 Å². The Bertz CT molecular complexity index is 571. The van der Waals surface area contributed by atoms with Gasteiger partial charge in [-0.2, -0.15) is 0 Å². The molecule has 2 aliphatic heterocycles. The van der Waals surface area contributed by atoms with E-state index in [2.05, 4.69) is 51.3 Å². The van der Waals surface area contributed by atoms with Crippen molar-refractivity contribution in [3.05, 3.63) is 18.2 Å². The molecule has 0 saturated carbocycles. The van der Waals surface area contributed by atoms with Gasteiger partial charge in [-0.15, -0.1) is 0 Å². The van der Waals surface area contributed by atoms with Crippen LogP contribution in [0.15, 0.2) is 12.4 Å². The molecule has 0 spiro atoms. The maximum Gasteiger partial charge on any atom is 0.239 e. The van der Waals surface area contributed by atoms with E-state index in [9.17, 15) is 4.79 Å². The third-order valence-corrected chi connectivity index (χ3v) is 6.12. The number of aryl methyl sites for hydroxylation is 1. The Balaban J connectivity index is 1.51. The summed E-state index contributed by atoms with van der Waals surface area (Å²) in [5.74, 6) is 2.02. The average Bonchev–Trinajstić information content (AvgIpc) is 3.14. The highest BCUT2D eigenvalue weighted by Crippen LogP contribution is 2.27. The Kier molecular flexibility index (Phi) is 6.70. The summed E-state index contributed by atoms with van der Waals surface area (Å²) in [6, 6.07) is 0.00629. The summed E-state index contributed by atoms with van der Waals surface area (Å²) >= 11 is 0. The van der Waals surface area contributed by atoms with Crippen molar-refractivity contribution in [3.8, 4) is 0 Å². The van der Waals surface area contributed by atoms with E-state index in [0.717, 1.165) is 58.7 Å². The number of likely N-dealkylation sites (N-methyl/N-ethyl adjacent to an activating group) is 1. The lowest BCUT2D eigenvalue weighted by atomic mass is 9.95. The van der Waals surface area contributed by atoms with Crippen LogP contribution in [0.25, 0.3) is 0 Å². The fourth-order valence-corrected chi connectivity index (χ4v) is 4.19. The minimum Gasteiger partial charge on any atom is -0.341 e. The average molecular weight is 362 g/mol. The SMILES string of the molecule is CCCCn1ccnc1C1CCN(C(=O)[C@@H](C)N2CCN(C)CC2)CC1. The number of aromatic nitrogens is 2. The van der Waals surface area contributed by atoms with Gasteiger partial charge >= 0.3 is 0 Å². The summed E-state index contributed by atoms with van der Waals surface area (Å²) < 4.78 is 2.32. The third kappa shape index (κ3) is 4.46. The topological polar surface area (TPSA) is 44.6 Å². The quantitative estimate of drug-likeness (QED) is 0.778. The van der Waals surface area contributed by atoms with Gasteiger partial charge in [-0.05, 0) is 33.2 Å². The van der Waals surface area contributed by atoms with Gasteiger partial charge in [-0.3, -0.25) is 9.69 Å². The van der Waals surface area contributed by atoms with Gasteiger partial charge in [0.15, 0.2) is 0 Å². The number of piperidine rings is 1. The first-order valence-corrected chi connectivity index (χ1v) is 10.3. The molecule has 0 radical (unpaired) electrons. The molecule has 6 nitrogen and oxygen atoms in total. The number of nitrogens with zero attached hydrogens (tertiary/aromatic N) is 5. The number of unbranched alkanes of at least 4 members (excludes halogenated alkanes) is 1. The standard InChI is InChI=1S/C20H35N5O/c1-4-5-9-24-12-8-21-19(24)18-6-10-25(11-7-18)20(26)17(2)23-15-13-22(3)14-16-23/h8,12,17-18H,4-7,9-11,13-16H2,1-3H3/t17-/m1/s1. The molecule has 0 N–H and O–H groups in total. The zero-order valence-corrected chi connectivity index (χ0v) is 16.7. The van der Waals surface area contributed by atoms with E-state index >= 15 is 0 Å². The predicted octanol–water partition coefficient (Wildman–Crippen LogP) is 2.03. The lowest BCUT2D eigenvalue weighted by Gasteiger charge is -2.39. The van der Waals surface area contributed by atoms with E-state index in [0.29, 0.717) is 11.8 Å². The molecule has 0 aliphatic carbocycles. The lowest BCUT2D eigenvalue weighted by Crippen LogP contribution is -2.54. The Morgan fingerprint density at radius 2 is 1.88 bits per heavy atom. The monoisotopic (exact) mass is 361 g/mol. The molecule has 1 aromatic heterocycles. The lowest BCUT2D eigenvalue weighted by molar-refractivity contribution is -0.138. The number of imidazole rings is 1. The Morgan fingerprint density at radius 3 is 2.54 bits per heavy atom. The van der Waals surface area contributed by atoms with Crippen LogP contribution in [0.3, 0.4) is 0 Å². The van der Waals surface area contributed by atoms with E-state index in [1.165, 1.54) is 18.7 Å². The second kappa shape index (κ2) is 9.00. The summed E-state index contributed by atoms with van der Waals surface area (Å²) in [7, 11) is 2.15. The fraction of sp³-hybridized carbons (Fsp3) is 0.800. The fourth-order valence-electron chi connectivity index (χ4n) is 4.19. The molecule has 0 bridgehead atoms. The van der Waals surface area contributed by atoms with Crippen molar-refractivity contribution < 1.29 is 4.79 Å². The van der Waals surface area contributed by atoms with E-state index in [1.54, 1.807) is 0 Å². The van der Waals surface area contributed by atoms with Crippen LogP contribution in [-0.4, -0.2) is 82.5 Å². The van der Waals surface area contributed by atoms with Gasteiger partial charge in [0.1, 0.15) is 5.82 Å². The second-order valence-electron chi connectivity index (χ2n) is 7.95. The maximum atomic E-state index is 12.9. The van der Waals surface area contributed by atoms with Crippen molar-refractivity contribution in [2.75, 3.05) is 46.3 Å². The van der Waals surface area contributed by atoms with Crippen LogP contribution in [0.2, 0.25) is 0 Å². The Hall–Kier alpha value is -1.40. The molecule has 26 heavy (non-hydrogen) atoms. The Morgan fingerprint density at radius 1 is 1.19 bits per heavy atom. The number of carbonyl (C=O) groups excluding carboxylic acids is 1. The molecule has 2 saturated heterocycles. The number of amides is 1. The van der Waals surface area contributed by atoms with E-state index in [1.807, 2.05) is 6.20 Å². The number of piperazine rings is 1. The van der Waals surface area contributed by atoms with Gasteiger partial charge in [-0.25, -0.2) is 4.98 Å². The van der Waals surface area contributed by atoms with Crippen LogP contribution in [0.5, 0.6) is 0 Å². The molecule has 146 valence electrons. The van der Waals surface area contributed by atoms with Gasteiger partial charge in [0.05, 0.1) is 6.04 Å². The molecule has 2 fully saturated rings. The Labute approximate surface area is 158 Å². The molecular weight excluding hydrogens is 326 g/mol. The summed E-state index contributed by atoms with van der Waals surface area (Å²) in [6.07, 6.45) is 8.50. The normalized spacial score (nSPS) is 21.9. The molecule has 6 heteroatoms. The van der Waals surface area contributed by atoms with Gasteiger partial charge in [0, 0.05) is 64.1 Å². The third-order valence-electron chi connectivity index (χ3n) is 6.12. The summed E-state index contributed by atoms with van der Waals surface area (Å²) in [4.78, 5) is 24.3. The highest BCUT2D eigenvalue weighted by Gasteiger charge is 2.31. The van der Waals surface area contributed by atoms with Gasteiger partial charge < -0.3 is 14.4 Å².